The molecule has 1 amide bonds. The molecule has 10 heteroatoms. The third-order valence-corrected chi connectivity index (χ3v) is 4.01. The number of ether oxygens (including phenoxy) is 2. The molecule has 2 heterocycles. The number of rotatable bonds is 5. The average Bonchev–Trinajstić information content (AvgIpc) is 2.97. The van der Waals surface area contributed by atoms with Gasteiger partial charge in [0.1, 0.15) is 12.2 Å². The van der Waals surface area contributed by atoms with E-state index in [2.05, 4.69) is 20.6 Å². The van der Waals surface area contributed by atoms with Gasteiger partial charge >= 0.3 is 0 Å². The zero-order valence-electron chi connectivity index (χ0n) is 13.5. The molecule has 2 N–H and O–H groups in total. The van der Waals surface area contributed by atoms with Gasteiger partial charge in [0, 0.05) is 11.8 Å². The number of halogens is 2. The van der Waals surface area contributed by atoms with Crippen molar-refractivity contribution in [3.8, 4) is 11.5 Å². The summed E-state index contributed by atoms with van der Waals surface area (Å²) in [4.78, 5) is 22.0. The molecular formula is C15H15Cl2N5O3. The Balaban J connectivity index is 1.71. The normalized spacial score (nSPS) is 12.4. The van der Waals surface area contributed by atoms with Crippen LogP contribution in [-0.4, -0.2) is 43.3 Å². The van der Waals surface area contributed by atoms with Crippen molar-refractivity contribution in [2.75, 3.05) is 43.0 Å². The van der Waals surface area contributed by atoms with Gasteiger partial charge in [0.15, 0.2) is 22.5 Å². The smallest absolute Gasteiger partial charge is 0.244 e. The standard InChI is InChI=1S/C15H15Cl2N5O3/c1-24-9-4-3-8(5-10(9)25-2)19-11(23)6-22-7-18-12-13(16)20-15(17)21-14(12)22/h3-5,18H,6-7H2,1-2H3,(H,19,23). The summed E-state index contributed by atoms with van der Waals surface area (Å²) in [6.07, 6.45) is 0. The van der Waals surface area contributed by atoms with Crippen LogP contribution >= 0.6 is 23.2 Å². The van der Waals surface area contributed by atoms with Gasteiger partial charge in [-0.05, 0) is 23.7 Å². The maximum Gasteiger partial charge on any atom is 0.244 e. The van der Waals surface area contributed by atoms with Crippen LogP contribution in [0.1, 0.15) is 0 Å². The zero-order valence-corrected chi connectivity index (χ0v) is 15.0. The Hall–Kier alpha value is -2.45. The summed E-state index contributed by atoms with van der Waals surface area (Å²) in [7, 11) is 3.08. The molecule has 3 rings (SSSR count). The van der Waals surface area contributed by atoms with Gasteiger partial charge in [-0.2, -0.15) is 4.98 Å². The molecule has 25 heavy (non-hydrogen) atoms. The molecule has 0 saturated heterocycles. The first kappa shape index (κ1) is 17.4. The molecule has 8 nitrogen and oxygen atoms in total. The van der Waals surface area contributed by atoms with Gasteiger partial charge in [-0.3, -0.25) is 4.79 Å². The molecule has 0 radical (unpaired) electrons. The van der Waals surface area contributed by atoms with Crippen LogP contribution in [0.4, 0.5) is 17.2 Å². The lowest BCUT2D eigenvalue weighted by molar-refractivity contribution is -0.115. The topological polar surface area (TPSA) is 88.6 Å². The summed E-state index contributed by atoms with van der Waals surface area (Å²) < 4.78 is 10.4. The number of nitrogens with one attached hydrogen (secondary N) is 2. The predicted octanol–water partition coefficient (Wildman–Crippen LogP) is 2.63. The van der Waals surface area contributed by atoms with E-state index in [0.29, 0.717) is 35.4 Å². The van der Waals surface area contributed by atoms with E-state index in [1.807, 2.05) is 0 Å². The van der Waals surface area contributed by atoms with Gasteiger partial charge in [-0.15, -0.1) is 0 Å². The van der Waals surface area contributed by atoms with Crippen molar-refractivity contribution < 1.29 is 14.3 Å². The van der Waals surface area contributed by atoms with Gasteiger partial charge in [-0.25, -0.2) is 4.98 Å². The summed E-state index contributed by atoms with van der Waals surface area (Å²) >= 11 is 11.9. The van der Waals surface area contributed by atoms with Crippen molar-refractivity contribution in [2.45, 2.75) is 0 Å². The molecular weight excluding hydrogens is 369 g/mol. The Morgan fingerprint density at radius 2 is 2.04 bits per heavy atom. The van der Waals surface area contributed by atoms with E-state index < -0.39 is 0 Å². The molecule has 1 aromatic carbocycles. The highest BCUT2D eigenvalue weighted by Gasteiger charge is 2.26. The summed E-state index contributed by atoms with van der Waals surface area (Å²) in [6, 6.07) is 5.13. The number of nitrogens with zero attached hydrogens (tertiary/aromatic N) is 3. The maximum atomic E-state index is 12.3. The third kappa shape index (κ3) is 3.64. The first-order valence-electron chi connectivity index (χ1n) is 7.25. The van der Waals surface area contributed by atoms with Gasteiger partial charge in [0.25, 0.3) is 0 Å². The van der Waals surface area contributed by atoms with Crippen LogP contribution in [0, 0.1) is 0 Å². The minimum absolute atomic E-state index is 0.0257. The average molecular weight is 384 g/mol. The second kappa shape index (κ2) is 7.20. The molecule has 0 bridgehead atoms. The van der Waals surface area contributed by atoms with Crippen molar-refractivity contribution in [1.82, 2.24) is 9.97 Å². The molecule has 0 unspecified atom stereocenters. The zero-order chi connectivity index (χ0) is 18.0. The molecule has 132 valence electrons. The molecule has 0 saturated carbocycles. The fourth-order valence-electron chi connectivity index (χ4n) is 2.45. The molecule has 1 aliphatic rings. The monoisotopic (exact) mass is 383 g/mol. The molecule has 2 aromatic rings. The third-order valence-electron chi connectivity index (χ3n) is 3.57. The second-order valence-electron chi connectivity index (χ2n) is 5.13. The van der Waals surface area contributed by atoms with Crippen molar-refractivity contribution in [3.63, 3.8) is 0 Å². The number of anilines is 3. The quantitative estimate of drug-likeness (QED) is 0.605. The Morgan fingerprint density at radius 3 is 2.76 bits per heavy atom. The van der Waals surface area contributed by atoms with Crippen molar-refractivity contribution in [3.05, 3.63) is 28.6 Å². The van der Waals surface area contributed by atoms with Crippen molar-refractivity contribution in [2.24, 2.45) is 0 Å². The van der Waals surface area contributed by atoms with E-state index in [1.54, 1.807) is 30.2 Å². The molecule has 0 atom stereocenters. The molecule has 1 aromatic heterocycles. The van der Waals surface area contributed by atoms with Gasteiger partial charge in [-0.1, -0.05) is 11.6 Å². The largest absolute Gasteiger partial charge is 0.493 e. The Morgan fingerprint density at radius 1 is 1.28 bits per heavy atom. The first-order chi connectivity index (χ1) is 12.0. The van der Waals surface area contributed by atoms with Gasteiger partial charge < -0.3 is 25.0 Å². The number of methoxy groups -OCH3 is 2. The summed E-state index contributed by atoms with van der Waals surface area (Å²) in [5, 5.41) is 6.09. The second-order valence-corrected chi connectivity index (χ2v) is 5.83. The minimum atomic E-state index is -0.229. The fraction of sp³-hybridized carbons (Fsp3) is 0.267. The van der Waals surface area contributed by atoms with Crippen LogP contribution in [0.25, 0.3) is 0 Å². The van der Waals surface area contributed by atoms with E-state index in [1.165, 1.54) is 7.11 Å². The highest BCUT2D eigenvalue weighted by Crippen LogP contribution is 2.35. The number of fused-ring (bicyclic) bond motifs is 1. The number of benzene rings is 1. The van der Waals surface area contributed by atoms with Crippen LogP contribution < -0.4 is 25.0 Å². The van der Waals surface area contributed by atoms with Crippen molar-refractivity contribution in [1.29, 1.82) is 0 Å². The van der Waals surface area contributed by atoms with E-state index in [0.717, 1.165) is 0 Å². The number of carbonyl (C=O) groups is 1. The van der Waals surface area contributed by atoms with E-state index in [4.69, 9.17) is 32.7 Å². The molecule has 0 spiro atoms. The predicted molar refractivity (Wildman–Crippen MR) is 96.1 cm³/mol. The minimum Gasteiger partial charge on any atom is -0.493 e. The van der Waals surface area contributed by atoms with Crippen LogP contribution in [0.5, 0.6) is 11.5 Å². The Bertz CT molecular complexity index is 818. The number of hydrogen-bond acceptors (Lipinski definition) is 7. The number of aromatic nitrogens is 2. The highest BCUT2D eigenvalue weighted by molar-refractivity contribution is 6.34. The van der Waals surface area contributed by atoms with Crippen LogP contribution in [0.2, 0.25) is 10.4 Å². The van der Waals surface area contributed by atoms with E-state index in [9.17, 15) is 4.79 Å². The molecule has 1 aliphatic heterocycles. The summed E-state index contributed by atoms with van der Waals surface area (Å²) in [5.74, 6) is 1.37. The van der Waals surface area contributed by atoms with Gasteiger partial charge in [0.05, 0.1) is 20.9 Å². The summed E-state index contributed by atoms with van der Waals surface area (Å²) in [5.41, 5.74) is 1.15. The summed E-state index contributed by atoms with van der Waals surface area (Å²) in [6.45, 7) is 0.446. The Labute approximate surface area is 154 Å². The lowest BCUT2D eigenvalue weighted by atomic mass is 10.2. The van der Waals surface area contributed by atoms with E-state index in [-0.39, 0.29) is 22.9 Å². The SMILES string of the molecule is COc1ccc(NC(=O)CN2CNc3c(Cl)nc(Cl)nc32)cc1OC. The lowest BCUT2D eigenvalue weighted by Gasteiger charge is -2.17. The number of carbonyl (C=O) groups excluding carboxylic acids is 1. The first-order valence-corrected chi connectivity index (χ1v) is 8.01. The number of amides is 1. The Kier molecular flexibility index (Phi) is 5.00. The fourth-order valence-corrected chi connectivity index (χ4v) is 2.89. The van der Waals surface area contributed by atoms with Crippen LogP contribution in [0.3, 0.4) is 0 Å². The van der Waals surface area contributed by atoms with Crippen LogP contribution in [0.15, 0.2) is 18.2 Å². The lowest BCUT2D eigenvalue weighted by Crippen LogP contribution is -2.33. The molecule has 0 aliphatic carbocycles. The maximum absolute atomic E-state index is 12.3. The van der Waals surface area contributed by atoms with E-state index >= 15 is 0 Å². The number of hydrogen-bond donors (Lipinski definition) is 2. The molecule has 0 fully saturated rings. The van der Waals surface area contributed by atoms with Gasteiger partial charge in [0.2, 0.25) is 11.2 Å². The van der Waals surface area contributed by atoms with Crippen LogP contribution in [-0.2, 0) is 4.79 Å². The highest BCUT2D eigenvalue weighted by atomic mass is 35.5. The van der Waals surface area contributed by atoms with Crippen molar-refractivity contribution >= 4 is 46.3 Å².